The Labute approximate surface area is 171 Å². The molecule has 1 aromatic heterocycles. The number of halogens is 2. The van der Waals surface area contributed by atoms with E-state index in [1.54, 1.807) is 35.1 Å². The largest absolute Gasteiger partial charge is 0.326 e. The molecular formula is C20H16Cl2N4O2. The van der Waals surface area contributed by atoms with E-state index >= 15 is 0 Å². The van der Waals surface area contributed by atoms with Gasteiger partial charge in [-0.1, -0.05) is 41.4 Å². The first-order valence-corrected chi connectivity index (χ1v) is 9.38. The maximum absolute atomic E-state index is 12.5. The predicted molar refractivity (Wildman–Crippen MR) is 110 cm³/mol. The van der Waals surface area contributed by atoms with Crippen molar-refractivity contribution in [3.63, 3.8) is 0 Å². The zero-order valence-electron chi connectivity index (χ0n) is 14.9. The van der Waals surface area contributed by atoms with Crippen molar-refractivity contribution in [1.82, 2.24) is 9.78 Å². The maximum atomic E-state index is 12.5. The van der Waals surface area contributed by atoms with Gasteiger partial charge in [-0.2, -0.15) is 5.10 Å². The molecule has 0 aliphatic carbocycles. The van der Waals surface area contributed by atoms with Gasteiger partial charge in [0.1, 0.15) is 11.9 Å². The van der Waals surface area contributed by atoms with E-state index in [4.69, 9.17) is 23.2 Å². The molecule has 0 radical (unpaired) electrons. The van der Waals surface area contributed by atoms with Gasteiger partial charge in [0, 0.05) is 21.3 Å². The van der Waals surface area contributed by atoms with Gasteiger partial charge in [-0.05, 0) is 42.3 Å². The molecule has 142 valence electrons. The summed E-state index contributed by atoms with van der Waals surface area (Å²) in [6.07, 6.45) is 1.64. The highest BCUT2D eigenvalue weighted by Crippen LogP contribution is 2.36. The van der Waals surface area contributed by atoms with Crippen molar-refractivity contribution in [2.24, 2.45) is 0 Å². The van der Waals surface area contributed by atoms with Crippen molar-refractivity contribution in [3.8, 4) is 11.1 Å². The molecule has 6 nitrogen and oxygen atoms in total. The van der Waals surface area contributed by atoms with Crippen LogP contribution in [-0.4, -0.2) is 21.6 Å². The van der Waals surface area contributed by atoms with Gasteiger partial charge in [-0.15, -0.1) is 0 Å². The minimum atomic E-state index is -0.712. The summed E-state index contributed by atoms with van der Waals surface area (Å²) in [5, 5.41) is 11.1. The van der Waals surface area contributed by atoms with Crippen LogP contribution >= 0.6 is 23.2 Å². The molecule has 0 saturated carbocycles. The number of nitrogens with one attached hydrogen (secondary N) is 2. The summed E-state index contributed by atoms with van der Waals surface area (Å²) >= 11 is 11.9. The van der Waals surface area contributed by atoms with Gasteiger partial charge in [0.2, 0.25) is 5.91 Å². The summed E-state index contributed by atoms with van der Waals surface area (Å²) in [7, 11) is 0. The van der Waals surface area contributed by atoms with Crippen molar-refractivity contribution < 1.29 is 9.59 Å². The Hall–Kier alpha value is -2.83. The predicted octanol–water partition coefficient (Wildman–Crippen LogP) is 4.69. The van der Waals surface area contributed by atoms with Crippen LogP contribution < -0.4 is 10.6 Å². The van der Waals surface area contributed by atoms with E-state index in [9.17, 15) is 9.59 Å². The van der Waals surface area contributed by atoms with Crippen LogP contribution in [0.25, 0.3) is 11.1 Å². The fraction of sp³-hybridized carbons (Fsp3) is 0.150. The van der Waals surface area contributed by atoms with E-state index in [1.807, 2.05) is 25.1 Å². The third-order valence-electron chi connectivity index (χ3n) is 4.64. The first-order valence-electron chi connectivity index (χ1n) is 8.62. The second-order valence-electron chi connectivity index (χ2n) is 6.57. The lowest BCUT2D eigenvalue weighted by atomic mass is 10.1. The number of hydrogen-bond donors (Lipinski definition) is 2. The van der Waals surface area contributed by atoms with E-state index in [0.717, 1.165) is 16.7 Å². The Balaban J connectivity index is 1.54. The average molecular weight is 415 g/mol. The SMILES string of the molecule is Cc1ccc(Cl)cc1NC(=O)CC1C(=O)Nc2c(-c3ccc(Cl)cc3)cnn21. The summed E-state index contributed by atoms with van der Waals surface area (Å²) in [6.45, 7) is 1.87. The normalized spacial score (nSPS) is 15.2. The molecule has 28 heavy (non-hydrogen) atoms. The van der Waals surface area contributed by atoms with Crippen molar-refractivity contribution in [3.05, 3.63) is 64.3 Å². The maximum Gasteiger partial charge on any atom is 0.251 e. The van der Waals surface area contributed by atoms with Crippen LogP contribution in [0, 0.1) is 6.92 Å². The smallest absolute Gasteiger partial charge is 0.251 e. The zero-order chi connectivity index (χ0) is 19.8. The Bertz CT molecular complexity index is 1080. The standard InChI is InChI=1S/C20H16Cl2N4O2/c1-11-2-5-14(22)8-16(11)24-18(27)9-17-20(28)25-19-15(10-23-26(17)19)12-3-6-13(21)7-4-12/h2-8,10,17H,9H2,1H3,(H,24,27)(H,25,28). The fourth-order valence-corrected chi connectivity index (χ4v) is 3.46. The number of aromatic nitrogens is 2. The molecule has 0 saturated heterocycles. The highest BCUT2D eigenvalue weighted by Gasteiger charge is 2.35. The second kappa shape index (κ2) is 7.30. The highest BCUT2D eigenvalue weighted by atomic mass is 35.5. The molecule has 1 atom stereocenters. The van der Waals surface area contributed by atoms with Crippen LogP contribution in [0.3, 0.4) is 0 Å². The minimum Gasteiger partial charge on any atom is -0.326 e. The molecule has 2 aromatic carbocycles. The van der Waals surface area contributed by atoms with Crippen LogP contribution in [-0.2, 0) is 9.59 Å². The second-order valence-corrected chi connectivity index (χ2v) is 7.45. The lowest BCUT2D eigenvalue weighted by Gasteiger charge is -2.11. The molecule has 2 heterocycles. The number of fused-ring (bicyclic) bond motifs is 1. The average Bonchev–Trinajstić information content (AvgIpc) is 3.19. The van der Waals surface area contributed by atoms with E-state index in [0.29, 0.717) is 21.6 Å². The van der Waals surface area contributed by atoms with E-state index in [-0.39, 0.29) is 18.2 Å². The van der Waals surface area contributed by atoms with Gasteiger partial charge in [-0.3, -0.25) is 9.59 Å². The number of rotatable bonds is 4. The Morgan fingerprint density at radius 3 is 2.64 bits per heavy atom. The molecule has 1 unspecified atom stereocenters. The molecule has 2 amide bonds. The molecular weight excluding hydrogens is 399 g/mol. The number of carbonyl (C=O) groups excluding carboxylic acids is 2. The number of hydrogen-bond acceptors (Lipinski definition) is 3. The van der Waals surface area contributed by atoms with Gasteiger partial charge in [0.15, 0.2) is 0 Å². The summed E-state index contributed by atoms with van der Waals surface area (Å²) in [6, 6.07) is 11.8. The summed E-state index contributed by atoms with van der Waals surface area (Å²) in [5.41, 5.74) is 3.17. The Morgan fingerprint density at radius 1 is 1.18 bits per heavy atom. The topological polar surface area (TPSA) is 76.0 Å². The van der Waals surface area contributed by atoms with Gasteiger partial charge < -0.3 is 10.6 Å². The lowest BCUT2D eigenvalue weighted by Crippen LogP contribution is -2.23. The van der Waals surface area contributed by atoms with Crippen LogP contribution in [0.4, 0.5) is 11.5 Å². The van der Waals surface area contributed by atoms with Gasteiger partial charge in [0.05, 0.1) is 12.6 Å². The molecule has 8 heteroatoms. The van der Waals surface area contributed by atoms with Gasteiger partial charge in [-0.25, -0.2) is 4.68 Å². The lowest BCUT2D eigenvalue weighted by molar-refractivity contribution is -0.123. The monoisotopic (exact) mass is 414 g/mol. The van der Waals surface area contributed by atoms with Gasteiger partial charge in [0.25, 0.3) is 5.91 Å². The third kappa shape index (κ3) is 3.48. The number of benzene rings is 2. The van der Waals surface area contributed by atoms with Gasteiger partial charge >= 0.3 is 0 Å². The van der Waals surface area contributed by atoms with Crippen molar-refractivity contribution in [1.29, 1.82) is 0 Å². The van der Waals surface area contributed by atoms with Crippen LogP contribution in [0.1, 0.15) is 18.0 Å². The molecule has 3 aromatic rings. The van der Waals surface area contributed by atoms with Crippen molar-refractivity contribution in [2.45, 2.75) is 19.4 Å². The molecule has 0 spiro atoms. The Kier molecular flexibility index (Phi) is 4.83. The first kappa shape index (κ1) is 18.5. The minimum absolute atomic E-state index is 0.0352. The molecule has 1 aliphatic rings. The van der Waals surface area contributed by atoms with E-state index in [2.05, 4.69) is 15.7 Å². The fourth-order valence-electron chi connectivity index (χ4n) is 3.16. The summed E-state index contributed by atoms with van der Waals surface area (Å²) in [5.74, 6) is 0.0160. The number of nitrogens with zero attached hydrogens (tertiary/aromatic N) is 2. The number of amides is 2. The molecule has 0 fully saturated rings. The Morgan fingerprint density at radius 2 is 1.89 bits per heavy atom. The van der Waals surface area contributed by atoms with Crippen LogP contribution in [0.15, 0.2) is 48.7 Å². The van der Waals surface area contributed by atoms with E-state index < -0.39 is 6.04 Å². The van der Waals surface area contributed by atoms with Crippen LogP contribution in [0.5, 0.6) is 0 Å². The molecule has 0 bridgehead atoms. The zero-order valence-corrected chi connectivity index (χ0v) is 16.4. The number of carbonyl (C=O) groups is 2. The molecule has 2 N–H and O–H groups in total. The number of anilines is 2. The number of aryl methyl sites for hydroxylation is 1. The van der Waals surface area contributed by atoms with Crippen molar-refractivity contribution >= 4 is 46.5 Å². The molecule has 4 rings (SSSR count). The third-order valence-corrected chi connectivity index (χ3v) is 5.13. The quantitative estimate of drug-likeness (QED) is 0.649. The first-order chi connectivity index (χ1) is 13.4. The molecule has 1 aliphatic heterocycles. The highest BCUT2D eigenvalue weighted by molar-refractivity contribution is 6.31. The summed E-state index contributed by atoms with van der Waals surface area (Å²) < 4.78 is 1.55. The van der Waals surface area contributed by atoms with E-state index in [1.165, 1.54) is 0 Å². The van der Waals surface area contributed by atoms with Crippen molar-refractivity contribution in [2.75, 3.05) is 10.6 Å². The summed E-state index contributed by atoms with van der Waals surface area (Å²) in [4.78, 5) is 25.0. The van der Waals surface area contributed by atoms with Crippen LogP contribution in [0.2, 0.25) is 10.0 Å².